The van der Waals surface area contributed by atoms with Gasteiger partial charge in [0.1, 0.15) is 0 Å². The van der Waals surface area contributed by atoms with Crippen molar-refractivity contribution in [2.45, 2.75) is 4.90 Å². The highest BCUT2D eigenvalue weighted by atomic mass is 32.2. The van der Waals surface area contributed by atoms with Gasteiger partial charge in [-0.3, -0.25) is 9.69 Å². The topological polar surface area (TPSA) is 139 Å². The second-order valence-electron chi connectivity index (χ2n) is 7.11. The highest BCUT2D eigenvalue weighted by Gasteiger charge is 2.23. The highest BCUT2D eigenvalue weighted by molar-refractivity contribution is 7.89. The number of nitrogens with zero attached hydrogens (tertiary/aromatic N) is 6. The summed E-state index contributed by atoms with van der Waals surface area (Å²) in [6.07, 6.45) is 0. The van der Waals surface area contributed by atoms with E-state index >= 15 is 0 Å². The minimum atomic E-state index is -3.76. The van der Waals surface area contributed by atoms with Crippen molar-refractivity contribution >= 4 is 27.6 Å². The van der Waals surface area contributed by atoms with E-state index < -0.39 is 10.0 Å². The number of carbonyl (C=O) groups is 1. The molecule has 12 heteroatoms. The van der Waals surface area contributed by atoms with Crippen LogP contribution in [0, 0.1) is 0 Å². The maximum absolute atomic E-state index is 12.4. The van der Waals surface area contributed by atoms with E-state index in [2.05, 4.69) is 25.7 Å². The Bertz CT molecular complexity index is 1140. The average Bonchev–Trinajstić information content (AvgIpc) is 3.24. The zero-order valence-corrected chi connectivity index (χ0v) is 17.4. The van der Waals surface area contributed by atoms with Crippen molar-refractivity contribution in [1.82, 2.24) is 25.1 Å². The molecule has 1 saturated heterocycles. The fourth-order valence-corrected chi connectivity index (χ4v) is 3.87. The number of sulfonamides is 1. The van der Waals surface area contributed by atoms with Gasteiger partial charge in [-0.2, -0.15) is 4.68 Å². The van der Waals surface area contributed by atoms with Crippen LogP contribution in [0.3, 0.4) is 0 Å². The molecule has 0 unspecified atom stereocenters. The fourth-order valence-electron chi connectivity index (χ4n) is 3.35. The van der Waals surface area contributed by atoms with Gasteiger partial charge in [-0.05, 0) is 46.8 Å². The third-order valence-electron chi connectivity index (χ3n) is 4.94. The van der Waals surface area contributed by atoms with Crippen LogP contribution in [-0.2, 0) is 14.8 Å². The van der Waals surface area contributed by atoms with E-state index in [4.69, 9.17) is 5.14 Å². The first-order valence-corrected chi connectivity index (χ1v) is 11.2. The number of primary sulfonamides is 1. The molecule has 0 radical (unpaired) electrons. The SMILES string of the molecule is NS(=O)(=O)c1ccc(NC(=O)CN2CCN(c3nnnn3-c3ccccc3)CC2)cc1. The Morgan fingerprint density at radius 2 is 1.68 bits per heavy atom. The van der Waals surface area contributed by atoms with Crippen molar-refractivity contribution < 1.29 is 13.2 Å². The molecule has 0 spiro atoms. The van der Waals surface area contributed by atoms with E-state index in [1.54, 1.807) is 4.68 Å². The van der Waals surface area contributed by atoms with Crippen molar-refractivity contribution in [2.24, 2.45) is 5.14 Å². The first-order chi connectivity index (χ1) is 14.9. The summed E-state index contributed by atoms with van der Waals surface area (Å²) >= 11 is 0. The molecule has 11 nitrogen and oxygen atoms in total. The zero-order chi connectivity index (χ0) is 21.8. The molecular formula is C19H22N8O3S. The lowest BCUT2D eigenvalue weighted by molar-refractivity contribution is -0.117. The van der Waals surface area contributed by atoms with Gasteiger partial charge in [-0.1, -0.05) is 23.3 Å². The number of nitrogens with one attached hydrogen (secondary N) is 1. The molecule has 0 atom stereocenters. The van der Waals surface area contributed by atoms with Crippen molar-refractivity contribution in [2.75, 3.05) is 42.9 Å². The van der Waals surface area contributed by atoms with Gasteiger partial charge in [0, 0.05) is 31.9 Å². The van der Waals surface area contributed by atoms with E-state index in [1.165, 1.54) is 24.3 Å². The summed E-state index contributed by atoms with van der Waals surface area (Å²) in [6.45, 7) is 2.96. The smallest absolute Gasteiger partial charge is 0.250 e. The Labute approximate surface area is 179 Å². The van der Waals surface area contributed by atoms with E-state index in [-0.39, 0.29) is 17.3 Å². The number of carbonyl (C=O) groups excluding carboxylic acids is 1. The van der Waals surface area contributed by atoms with Gasteiger partial charge in [-0.25, -0.2) is 13.6 Å². The molecule has 1 amide bonds. The molecule has 1 fully saturated rings. The lowest BCUT2D eigenvalue weighted by Crippen LogP contribution is -2.49. The number of benzene rings is 2. The van der Waals surface area contributed by atoms with Crippen LogP contribution in [0.15, 0.2) is 59.5 Å². The van der Waals surface area contributed by atoms with E-state index in [0.717, 1.165) is 5.69 Å². The predicted octanol–water partition coefficient (Wildman–Crippen LogP) is 0.0704. The molecule has 1 aliphatic rings. The molecule has 31 heavy (non-hydrogen) atoms. The first-order valence-electron chi connectivity index (χ1n) is 9.64. The van der Waals surface area contributed by atoms with Crippen LogP contribution >= 0.6 is 0 Å². The number of aromatic nitrogens is 4. The van der Waals surface area contributed by atoms with Crippen molar-refractivity contribution in [1.29, 1.82) is 0 Å². The van der Waals surface area contributed by atoms with E-state index in [0.29, 0.717) is 37.8 Å². The molecule has 1 aromatic heterocycles. The molecule has 2 heterocycles. The Morgan fingerprint density at radius 1 is 1.00 bits per heavy atom. The van der Waals surface area contributed by atoms with E-state index in [9.17, 15) is 13.2 Å². The summed E-state index contributed by atoms with van der Waals surface area (Å²) in [6, 6.07) is 15.4. The number of hydrogen-bond donors (Lipinski definition) is 2. The molecule has 3 N–H and O–H groups in total. The fraction of sp³-hybridized carbons (Fsp3) is 0.263. The average molecular weight is 443 g/mol. The Balaban J connectivity index is 1.31. The minimum Gasteiger partial charge on any atom is -0.337 e. The quantitative estimate of drug-likeness (QED) is 0.547. The monoisotopic (exact) mass is 442 g/mol. The second-order valence-corrected chi connectivity index (χ2v) is 8.67. The number of rotatable bonds is 6. The number of para-hydroxylation sites is 1. The third-order valence-corrected chi connectivity index (χ3v) is 5.87. The molecule has 2 aromatic carbocycles. The molecule has 1 aliphatic heterocycles. The van der Waals surface area contributed by atoms with Gasteiger partial charge in [0.05, 0.1) is 17.1 Å². The van der Waals surface area contributed by atoms with Gasteiger partial charge in [0.2, 0.25) is 21.9 Å². The lowest BCUT2D eigenvalue weighted by atomic mass is 10.3. The molecule has 0 bridgehead atoms. The summed E-state index contributed by atoms with van der Waals surface area (Å²) in [5, 5.41) is 19.9. The van der Waals surface area contributed by atoms with Crippen LogP contribution in [0.25, 0.3) is 5.69 Å². The largest absolute Gasteiger partial charge is 0.337 e. The van der Waals surface area contributed by atoms with Crippen LogP contribution in [0.1, 0.15) is 0 Å². The predicted molar refractivity (Wildman–Crippen MR) is 114 cm³/mol. The third kappa shape index (κ3) is 5.05. The van der Waals surface area contributed by atoms with Crippen LogP contribution in [-0.4, -0.2) is 72.2 Å². The Hall–Kier alpha value is -3.35. The zero-order valence-electron chi connectivity index (χ0n) is 16.6. The Kier molecular flexibility index (Phi) is 5.93. The number of tetrazole rings is 1. The summed E-state index contributed by atoms with van der Waals surface area (Å²) < 4.78 is 24.3. The van der Waals surface area contributed by atoms with Crippen molar-refractivity contribution in [3.63, 3.8) is 0 Å². The summed E-state index contributed by atoms with van der Waals surface area (Å²) in [5.74, 6) is 0.496. The maximum Gasteiger partial charge on any atom is 0.250 e. The number of nitrogens with two attached hydrogens (primary N) is 1. The van der Waals surface area contributed by atoms with Crippen LogP contribution in [0.2, 0.25) is 0 Å². The summed E-state index contributed by atoms with van der Waals surface area (Å²) in [4.78, 5) is 16.5. The molecular weight excluding hydrogens is 420 g/mol. The minimum absolute atomic E-state index is 0.000497. The molecule has 0 saturated carbocycles. The van der Waals surface area contributed by atoms with Gasteiger partial charge in [-0.15, -0.1) is 0 Å². The summed E-state index contributed by atoms with van der Waals surface area (Å²) in [7, 11) is -3.76. The Morgan fingerprint density at radius 3 is 2.32 bits per heavy atom. The molecule has 4 rings (SSSR count). The highest BCUT2D eigenvalue weighted by Crippen LogP contribution is 2.17. The molecule has 162 valence electrons. The van der Waals surface area contributed by atoms with Crippen LogP contribution < -0.4 is 15.4 Å². The number of anilines is 2. The first kappa shape index (κ1) is 20.9. The number of amides is 1. The summed E-state index contributed by atoms with van der Waals surface area (Å²) in [5.41, 5.74) is 1.40. The van der Waals surface area contributed by atoms with Crippen LogP contribution in [0.5, 0.6) is 0 Å². The van der Waals surface area contributed by atoms with Gasteiger partial charge >= 0.3 is 0 Å². The van der Waals surface area contributed by atoms with Gasteiger partial charge in [0.15, 0.2) is 0 Å². The van der Waals surface area contributed by atoms with Crippen LogP contribution in [0.4, 0.5) is 11.6 Å². The lowest BCUT2D eigenvalue weighted by Gasteiger charge is -2.34. The normalized spacial score (nSPS) is 15.1. The molecule has 3 aromatic rings. The number of hydrogen-bond acceptors (Lipinski definition) is 8. The van der Waals surface area contributed by atoms with Gasteiger partial charge in [0.25, 0.3) is 0 Å². The maximum atomic E-state index is 12.4. The van der Waals surface area contributed by atoms with Gasteiger partial charge < -0.3 is 10.2 Å². The second kappa shape index (κ2) is 8.79. The molecule has 0 aliphatic carbocycles. The standard InChI is InChI=1S/C19H22N8O3S/c20-31(29,30)17-8-6-15(7-9-17)21-18(28)14-25-10-12-26(13-11-25)19-22-23-24-27(19)16-4-2-1-3-5-16/h1-9H,10-14H2,(H,21,28)(H2,20,29,30). The number of piperazine rings is 1. The van der Waals surface area contributed by atoms with Crippen molar-refractivity contribution in [3.8, 4) is 5.69 Å². The van der Waals surface area contributed by atoms with E-state index in [1.807, 2.05) is 35.2 Å². The van der Waals surface area contributed by atoms with Crippen molar-refractivity contribution in [3.05, 3.63) is 54.6 Å².